The first kappa shape index (κ1) is 21.4. The van der Waals surface area contributed by atoms with Crippen LogP contribution in [0.1, 0.15) is 44.0 Å². The van der Waals surface area contributed by atoms with Crippen LogP contribution in [0.15, 0.2) is 53.3 Å². The third-order valence-electron chi connectivity index (χ3n) is 4.99. The van der Waals surface area contributed by atoms with E-state index < -0.39 is 0 Å². The molecule has 2 aromatic carbocycles. The molecule has 0 radical (unpaired) electrons. The SMILES string of the molecule is CCCc1nc2cccc(CC(=O)CCCC(=O)OC)c2c(=O)n1-c1ccccc1. The van der Waals surface area contributed by atoms with Crippen molar-refractivity contribution in [3.63, 3.8) is 0 Å². The van der Waals surface area contributed by atoms with Crippen molar-refractivity contribution in [2.75, 3.05) is 7.11 Å². The van der Waals surface area contributed by atoms with E-state index in [1.54, 1.807) is 10.6 Å². The predicted octanol–water partition coefficient (Wildman–Crippen LogP) is 3.79. The summed E-state index contributed by atoms with van der Waals surface area (Å²) in [5, 5.41) is 0.475. The number of aromatic nitrogens is 2. The van der Waals surface area contributed by atoms with Crippen molar-refractivity contribution < 1.29 is 14.3 Å². The van der Waals surface area contributed by atoms with E-state index in [9.17, 15) is 14.4 Å². The Morgan fingerprint density at radius 2 is 1.80 bits per heavy atom. The highest BCUT2D eigenvalue weighted by Crippen LogP contribution is 2.19. The van der Waals surface area contributed by atoms with E-state index in [1.807, 2.05) is 42.5 Å². The van der Waals surface area contributed by atoms with E-state index in [0.717, 1.165) is 12.1 Å². The lowest BCUT2D eigenvalue weighted by atomic mass is 10.0. The van der Waals surface area contributed by atoms with Gasteiger partial charge in [-0.25, -0.2) is 4.98 Å². The number of methoxy groups -OCH3 is 1. The van der Waals surface area contributed by atoms with Crippen LogP contribution in [0, 0.1) is 0 Å². The van der Waals surface area contributed by atoms with Crippen LogP contribution in [0.2, 0.25) is 0 Å². The highest BCUT2D eigenvalue weighted by atomic mass is 16.5. The van der Waals surface area contributed by atoms with E-state index >= 15 is 0 Å². The first-order valence-corrected chi connectivity index (χ1v) is 10.2. The van der Waals surface area contributed by atoms with E-state index in [0.29, 0.717) is 35.1 Å². The number of aryl methyl sites for hydroxylation is 1. The van der Waals surface area contributed by atoms with Gasteiger partial charge in [0.25, 0.3) is 5.56 Å². The largest absolute Gasteiger partial charge is 0.469 e. The Balaban J connectivity index is 2.00. The molecule has 0 saturated carbocycles. The van der Waals surface area contributed by atoms with Gasteiger partial charge in [0, 0.05) is 25.7 Å². The minimum absolute atomic E-state index is 0.0188. The number of carbonyl (C=O) groups is 2. The molecule has 6 nitrogen and oxygen atoms in total. The Bertz CT molecular complexity index is 1100. The van der Waals surface area contributed by atoms with Crippen LogP contribution < -0.4 is 5.56 Å². The van der Waals surface area contributed by atoms with Crippen molar-refractivity contribution in [2.24, 2.45) is 0 Å². The molecule has 3 rings (SSSR count). The van der Waals surface area contributed by atoms with E-state index in [1.165, 1.54) is 7.11 Å². The van der Waals surface area contributed by atoms with Crippen LogP contribution in [0.25, 0.3) is 16.6 Å². The molecule has 0 aliphatic rings. The van der Waals surface area contributed by atoms with Gasteiger partial charge in [-0.1, -0.05) is 37.3 Å². The fourth-order valence-corrected chi connectivity index (χ4v) is 3.56. The quantitative estimate of drug-likeness (QED) is 0.505. The average molecular weight is 406 g/mol. The highest BCUT2D eigenvalue weighted by Gasteiger charge is 2.16. The zero-order valence-electron chi connectivity index (χ0n) is 17.4. The second-order valence-electron chi connectivity index (χ2n) is 7.21. The number of ether oxygens (including phenoxy) is 1. The first-order valence-electron chi connectivity index (χ1n) is 10.2. The molecular formula is C24H26N2O4. The topological polar surface area (TPSA) is 78.3 Å². The maximum atomic E-state index is 13.5. The molecule has 0 spiro atoms. The third-order valence-corrected chi connectivity index (χ3v) is 4.99. The van der Waals surface area contributed by atoms with E-state index in [4.69, 9.17) is 4.98 Å². The van der Waals surface area contributed by atoms with Gasteiger partial charge in [-0.15, -0.1) is 0 Å². The van der Waals surface area contributed by atoms with Crippen molar-refractivity contribution in [3.05, 3.63) is 70.3 Å². The number of esters is 1. The van der Waals surface area contributed by atoms with Crippen LogP contribution >= 0.6 is 0 Å². The molecule has 0 fully saturated rings. The number of Topliss-reactive ketones (excluding diaryl/α,β-unsaturated/α-hetero) is 1. The zero-order valence-corrected chi connectivity index (χ0v) is 17.4. The van der Waals surface area contributed by atoms with Crippen LogP contribution in [0.4, 0.5) is 0 Å². The molecule has 1 heterocycles. The van der Waals surface area contributed by atoms with Gasteiger partial charge in [-0.2, -0.15) is 0 Å². The van der Waals surface area contributed by atoms with Crippen molar-refractivity contribution in [1.82, 2.24) is 9.55 Å². The number of rotatable bonds is 9. The van der Waals surface area contributed by atoms with Crippen LogP contribution in [-0.2, 0) is 27.2 Å². The van der Waals surface area contributed by atoms with Crippen molar-refractivity contribution in [1.29, 1.82) is 0 Å². The third kappa shape index (κ3) is 4.82. The highest BCUT2D eigenvalue weighted by molar-refractivity contribution is 5.89. The molecule has 156 valence electrons. The molecule has 30 heavy (non-hydrogen) atoms. The van der Waals surface area contributed by atoms with Gasteiger partial charge < -0.3 is 4.74 Å². The predicted molar refractivity (Wildman–Crippen MR) is 116 cm³/mol. The lowest BCUT2D eigenvalue weighted by Gasteiger charge is -2.15. The molecule has 1 aromatic heterocycles. The van der Waals surface area contributed by atoms with Gasteiger partial charge in [0.05, 0.1) is 23.7 Å². The Morgan fingerprint density at radius 1 is 1.03 bits per heavy atom. The number of nitrogens with zero attached hydrogens (tertiary/aromatic N) is 2. The summed E-state index contributed by atoms with van der Waals surface area (Å²) in [6, 6.07) is 14.9. The maximum Gasteiger partial charge on any atom is 0.305 e. The minimum Gasteiger partial charge on any atom is -0.469 e. The number of fused-ring (bicyclic) bond motifs is 1. The number of hydrogen-bond acceptors (Lipinski definition) is 5. The molecule has 0 aliphatic heterocycles. The Kier molecular flexibility index (Phi) is 7.12. The second-order valence-corrected chi connectivity index (χ2v) is 7.21. The lowest BCUT2D eigenvalue weighted by molar-refractivity contribution is -0.140. The van der Waals surface area contributed by atoms with Crippen LogP contribution in [0.3, 0.4) is 0 Å². The van der Waals surface area contributed by atoms with Gasteiger partial charge in [0.1, 0.15) is 11.6 Å². The smallest absolute Gasteiger partial charge is 0.305 e. The monoisotopic (exact) mass is 406 g/mol. The van der Waals surface area contributed by atoms with Gasteiger partial charge >= 0.3 is 5.97 Å². The lowest BCUT2D eigenvalue weighted by Crippen LogP contribution is -2.25. The summed E-state index contributed by atoms with van der Waals surface area (Å²) < 4.78 is 6.26. The Labute approximate surface area is 175 Å². The molecule has 6 heteroatoms. The van der Waals surface area contributed by atoms with Crippen LogP contribution in [0.5, 0.6) is 0 Å². The molecule has 0 unspecified atom stereocenters. The summed E-state index contributed by atoms with van der Waals surface area (Å²) in [6.07, 6.45) is 2.58. The number of hydrogen-bond donors (Lipinski definition) is 0. The average Bonchev–Trinajstić information content (AvgIpc) is 2.74. The van der Waals surface area contributed by atoms with Crippen molar-refractivity contribution in [2.45, 2.75) is 45.4 Å². The standard InChI is InChI=1S/C24H26N2O4/c1-3-9-21-25-20-14-7-10-17(16-19(27)13-8-15-22(28)30-2)23(20)24(29)26(21)18-11-5-4-6-12-18/h4-7,10-12,14H,3,8-9,13,15-16H2,1-2H3. The molecule has 0 saturated heterocycles. The fraction of sp³-hybridized carbons (Fsp3) is 0.333. The van der Waals surface area contributed by atoms with E-state index in [2.05, 4.69) is 11.7 Å². The molecule has 0 amide bonds. The van der Waals surface area contributed by atoms with Crippen molar-refractivity contribution in [3.8, 4) is 5.69 Å². The Hall–Kier alpha value is -3.28. The summed E-state index contributed by atoms with van der Waals surface area (Å²) in [6.45, 7) is 2.05. The molecule has 0 atom stereocenters. The summed E-state index contributed by atoms with van der Waals surface area (Å²) >= 11 is 0. The first-order chi connectivity index (χ1) is 14.5. The van der Waals surface area contributed by atoms with Gasteiger partial charge in [0.15, 0.2) is 0 Å². The molecule has 3 aromatic rings. The zero-order chi connectivity index (χ0) is 21.5. The normalized spacial score (nSPS) is 10.9. The number of carbonyl (C=O) groups excluding carboxylic acids is 2. The fourth-order valence-electron chi connectivity index (χ4n) is 3.56. The molecule has 0 N–H and O–H groups in total. The number of para-hydroxylation sites is 1. The second kappa shape index (κ2) is 9.96. The van der Waals surface area contributed by atoms with Crippen LogP contribution in [-0.4, -0.2) is 28.4 Å². The minimum atomic E-state index is -0.327. The maximum absolute atomic E-state index is 13.5. The molecule has 0 bridgehead atoms. The van der Waals surface area contributed by atoms with E-state index in [-0.39, 0.29) is 36.6 Å². The molecular weight excluding hydrogens is 380 g/mol. The van der Waals surface area contributed by atoms with Crippen molar-refractivity contribution >= 4 is 22.7 Å². The summed E-state index contributed by atoms with van der Waals surface area (Å²) in [5.41, 5.74) is 1.88. The summed E-state index contributed by atoms with van der Waals surface area (Å²) in [7, 11) is 1.33. The Morgan fingerprint density at radius 3 is 2.50 bits per heavy atom. The van der Waals surface area contributed by atoms with Gasteiger partial charge in [-0.3, -0.25) is 19.0 Å². The summed E-state index contributed by atoms with van der Waals surface area (Å²) in [5.74, 6) is 0.365. The van der Waals surface area contributed by atoms with Gasteiger partial charge in [-0.05, 0) is 36.6 Å². The summed E-state index contributed by atoms with van der Waals surface area (Å²) in [4.78, 5) is 42.0. The number of benzene rings is 2. The van der Waals surface area contributed by atoms with Gasteiger partial charge in [0.2, 0.25) is 0 Å². The number of ketones is 1. The molecule has 0 aliphatic carbocycles.